The highest BCUT2D eigenvalue weighted by atomic mass is 16.5. The summed E-state index contributed by atoms with van der Waals surface area (Å²) in [5.74, 6) is -1.11. The van der Waals surface area contributed by atoms with E-state index in [1.165, 1.54) is 6.92 Å². The fraction of sp³-hybridized carbons (Fsp3) is 0.290. The SMILES string of the molecule is CCCC[C@H](NC(C)=O)C(=O)N[C@H](C(=O)NCc1ccc(C(N)=O)cc1)c1ccc(OCc2ccccc2)cc1. The van der Waals surface area contributed by atoms with Crippen molar-refractivity contribution in [3.8, 4) is 5.75 Å². The van der Waals surface area contributed by atoms with Gasteiger partial charge in [0.2, 0.25) is 23.6 Å². The number of hydrogen-bond acceptors (Lipinski definition) is 5. The molecule has 9 heteroatoms. The minimum absolute atomic E-state index is 0.174. The van der Waals surface area contributed by atoms with Crippen molar-refractivity contribution < 1.29 is 23.9 Å². The van der Waals surface area contributed by atoms with E-state index in [2.05, 4.69) is 16.0 Å². The summed E-state index contributed by atoms with van der Waals surface area (Å²) in [4.78, 5) is 49.6. The molecule has 0 saturated heterocycles. The van der Waals surface area contributed by atoms with Gasteiger partial charge in [-0.15, -0.1) is 0 Å². The number of unbranched alkanes of at least 4 members (excludes halogenated alkanes) is 1. The first-order valence-corrected chi connectivity index (χ1v) is 13.3. The fourth-order valence-electron chi connectivity index (χ4n) is 4.04. The molecule has 3 aromatic rings. The number of carbonyl (C=O) groups excluding carboxylic acids is 4. The Morgan fingerprint density at radius 3 is 2.10 bits per heavy atom. The monoisotopic (exact) mass is 544 g/mol. The second kappa shape index (κ2) is 15.1. The largest absolute Gasteiger partial charge is 0.489 e. The summed E-state index contributed by atoms with van der Waals surface area (Å²) >= 11 is 0. The quantitative estimate of drug-likeness (QED) is 0.246. The number of rotatable bonds is 14. The fourth-order valence-corrected chi connectivity index (χ4v) is 4.04. The zero-order chi connectivity index (χ0) is 28.9. The smallest absolute Gasteiger partial charge is 0.248 e. The van der Waals surface area contributed by atoms with E-state index < -0.39 is 29.8 Å². The highest BCUT2D eigenvalue weighted by Gasteiger charge is 2.27. The van der Waals surface area contributed by atoms with Crippen LogP contribution in [0.1, 0.15) is 66.2 Å². The number of nitrogens with one attached hydrogen (secondary N) is 3. The Morgan fingerprint density at radius 2 is 1.50 bits per heavy atom. The van der Waals surface area contributed by atoms with Crippen LogP contribution in [0.15, 0.2) is 78.9 Å². The Morgan fingerprint density at radius 1 is 0.825 bits per heavy atom. The zero-order valence-corrected chi connectivity index (χ0v) is 22.8. The summed E-state index contributed by atoms with van der Waals surface area (Å²) < 4.78 is 5.86. The van der Waals surface area contributed by atoms with E-state index in [0.717, 1.165) is 24.0 Å². The summed E-state index contributed by atoms with van der Waals surface area (Å²) in [7, 11) is 0. The van der Waals surface area contributed by atoms with Gasteiger partial charge in [-0.2, -0.15) is 0 Å². The minimum atomic E-state index is -1.02. The average molecular weight is 545 g/mol. The molecule has 0 unspecified atom stereocenters. The topological polar surface area (TPSA) is 140 Å². The molecule has 0 heterocycles. The maximum atomic E-state index is 13.4. The lowest BCUT2D eigenvalue weighted by Gasteiger charge is -2.23. The van der Waals surface area contributed by atoms with E-state index >= 15 is 0 Å². The molecule has 3 rings (SSSR count). The van der Waals surface area contributed by atoms with Gasteiger partial charge in [-0.25, -0.2) is 0 Å². The summed E-state index contributed by atoms with van der Waals surface area (Å²) in [5, 5.41) is 8.35. The highest BCUT2D eigenvalue weighted by molar-refractivity contribution is 5.93. The highest BCUT2D eigenvalue weighted by Crippen LogP contribution is 2.20. The van der Waals surface area contributed by atoms with Crippen molar-refractivity contribution in [2.45, 2.75) is 58.3 Å². The van der Waals surface area contributed by atoms with E-state index in [1.807, 2.05) is 37.3 Å². The Bertz CT molecular complexity index is 1280. The third kappa shape index (κ3) is 9.27. The predicted molar refractivity (Wildman–Crippen MR) is 152 cm³/mol. The average Bonchev–Trinajstić information content (AvgIpc) is 2.96. The molecular weight excluding hydrogens is 508 g/mol. The van der Waals surface area contributed by atoms with Crippen LogP contribution in [0, 0.1) is 0 Å². The third-order valence-electron chi connectivity index (χ3n) is 6.26. The van der Waals surface area contributed by atoms with E-state index in [9.17, 15) is 19.2 Å². The van der Waals surface area contributed by atoms with Crippen LogP contribution in [0.5, 0.6) is 5.75 Å². The van der Waals surface area contributed by atoms with Crippen molar-refractivity contribution in [1.82, 2.24) is 16.0 Å². The number of carbonyl (C=O) groups is 4. The van der Waals surface area contributed by atoms with Crippen LogP contribution in [0.25, 0.3) is 0 Å². The van der Waals surface area contributed by atoms with Crippen LogP contribution in [-0.4, -0.2) is 29.7 Å². The molecule has 0 aromatic heterocycles. The van der Waals surface area contributed by atoms with E-state index in [1.54, 1.807) is 48.5 Å². The molecule has 3 aromatic carbocycles. The molecule has 5 N–H and O–H groups in total. The van der Waals surface area contributed by atoms with Gasteiger partial charge < -0.3 is 26.4 Å². The molecule has 9 nitrogen and oxygen atoms in total. The molecular formula is C31H36N4O5. The van der Waals surface area contributed by atoms with Gasteiger partial charge >= 0.3 is 0 Å². The van der Waals surface area contributed by atoms with Gasteiger partial charge in [0.05, 0.1) is 0 Å². The van der Waals surface area contributed by atoms with Gasteiger partial charge in [0.15, 0.2) is 0 Å². The Kier molecular flexibility index (Phi) is 11.3. The summed E-state index contributed by atoms with van der Waals surface area (Å²) in [5.41, 5.74) is 8.00. The van der Waals surface area contributed by atoms with E-state index in [0.29, 0.717) is 29.9 Å². The number of benzene rings is 3. The second-order valence-electron chi connectivity index (χ2n) is 9.46. The molecule has 210 valence electrons. The molecule has 0 saturated carbocycles. The first-order chi connectivity index (χ1) is 19.3. The zero-order valence-electron chi connectivity index (χ0n) is 22.8. The second-order valence-corrected chi connectivity index (χ2v) is 9.46. The van der Waals surface area contributed by atoms with Gasteiger partial charge in [0.25, 0.3) is 0 Å². The van der Waals surface area contributed by atoms with Gasteiger partial charge in [0, 0.05) is 19.0 Å². The lowest BCUT2D eigenvalue weighted by Crippen LogP contribution is -2.49. The van der Waals surface area contributed by atoms with Crippen molar-refractivity contribution in [2.75, 3.05) is 0 Å². The standard InChI is InChI=1S/C31H36N4O5/c1-3-4-10-27(34-21(2)36)30(38)35-28(31(39)33-19-22-11-13-25(14-12-22)29(32)37)24-15-17-26(18-16-24)40-20-23-8-6-5-7-9-23/h5-9,11-18,27-28H,3-4,10,19-20H2,1-2H3,(H2,32,37)(H,33,39)(H,34,36)(H,35,38)/t27-,28-/m0/s1. The van der Waals surface area contributed by atoms with Gasteiger partial charge in [-0.05, 0) is 47.4 Å². The van der Waals surface area contributed by atoms with Gasteiger partial charge in [-0.3, -0.25) is 19.2 Å². The lowest BCUT2D eigenvalue weighted by molar-refractivity contribution is -0.132. The number of primary amides is 1. The summed E-state index contributed by atoms with van der Waals surface area (Å²) in [6.45, 7) is 3.92. The Labute approximate surface area is 234 Å². The number of nitrogens with two attached hydrogens (primary N) is 1. The van der Waals surface area contributed by atoms with Crippen molar-refractivity contribution in [3.63, 3.8) is 0 Å². The molecule has 40 heavy (non-hydrogen) atoms. The summed E-state index contributed by atoms with van der Waals surface area (Å²) in [6.07, 6.45) is 2.05. The van der Waals surface area contributed by atoms with Gasteiger partial charge in [0.1, 0.15) is 24.4 Å². The maximum absolute atomic E-state index is 13.4. The Balaban J connectivity index is 1.76. The molecule has 0 aliphatic rings. The first kappa shape index (κ1) is 29.9. The van der Waals surface area contributed by atoms with Crippen LogP contribution in [0.2, 0.25) is 0 Å². The van der Waals surface area contributed by atoms with Crippen molar-refractivity contribution in [2.24, 2.45) is 5.73 Å². The molecule has 2 atom stereocenters. The molecule has 0 radical (unpaired) electrons. The molecule has 0 aliphatic heterocycles. The van der Waals surface area contributed by atoms with Crippen LogP contribution >= 0.6 is 0 Å². The molecule has 4 amide bonds. The van der Waals surface area contributed by atoms with E-state index in [4.69, 9.17) is 10.5 Å². The van der Waals surface area contributed by atoms with Crippen molar-refractivity contribution in [1.29, 1.82) is 0 Å². The predicted octanol–water partition coefficient (Wildman–Crippen LogP) is 3.53. The van der Waals surface area contributed by atoms with Crippen molar-refractivity contribution >= 4 is 23.6 Å². The number of ether oxygens (including phenoxy) is 1. The third-order valence-corrected chi connectivity index (χ3v) is 6.26. The Hall–Kier alpha value is -4.66. The molecule has 0 spiro atoms. The van der Waals surface area contributed by atoms with Gasteiger partial charge in [-0.1, -0.05) is 74.4 Å². The molecule has 0 aliphatic carbocycles. The number of amides is 4. The van der Waals surface area contributed by atoms with Crippen LogP contribution in [0.3, 0.4) is 0 Å². The van der Waals surface area contributed by atoms with Crippen LogP contribution in [-0.2, 0) is 27.5 Å². The normalized spacial score (nSPS) is 12.1. The lowest BCUT2D eigenvalue weighted by atomic mass is 10.0. The van der Waals surface area contributed by atoms with E-state index in [-0.39, 0.29) is 12.5 Å². The maximum Gasteiger partial charge on any atom is 0.248 e. The number of hydrogen-bond donors (Lipinski definition) is 4. The molecule has 0 bridgehead atoms. The van der Waals surface area contributed by atoms with Crippen LogP contribution in [0.4, 0.5) is 0 Å². The van der Waals surface area contributed by atoms with Crippen LogP contribution < -0.4 is 26.4 Å². The summed E-state index contributed by atoms with van der Waals surface area (Å²) in [6, 6.07) is 21.5. The molecule has 0 fully saturated rings. The minimum Gasteiger partial charge on any atom is -0.489 e. The first-order valence-electron chi connectivity index (χ1n) is 13.3. The van der Waals surface area contributed by atoms with Crippen molar-refractivity contribution in [3.05, 3.63) is 101 Å².